The molecule has 0 bridgehead atoms. The van der Waals surface area contributed by atoms with Gasteiger partial charge in [-0.05, 0) is 63.6 Å². The Balaban J connectivity index is 1.56. The van der Waals surface area contributed by atoms with Crippen molar-refractivity contribution >= 4 is 23.4 Å². The number of hydrogen-bond donors (Lipinski definition) is 4. The average molecular weight is 562 g/mol. The van der Waals surface area contributed by atoms with E-state index >= 15 is 0 Å². The molecular weight excluding hydrogens is 518 g/mol. The Labute approximate surface area is 243 Å². The SMILES string of the molecule is C=CC(CCCCN(CCNC(C)=O)CC[C@H](Nc1cncc(-c2ccccc2)n1)C(=O)O)=NC1=C(C)CCCN1. The summed E-state index contributed by atoms with van der Waals surface area (Å²) in [6.45, 7) is 11.0. The van der Waals surface area contributed by atoms with Crippen LogP contribution in [0.2, 0.25) is 0 Å². The summed E-state index contributed by atoms with van der Waals surface area (Å²) in [6, 6.07) is 8.80. The largest absolute Gasteiger partial charge is 0.480 e. The summed E-state index contributed by atoms with van der Waals surface area (Å²) < 4.78 is 0. The molecule has 0 unspecified atom stereocenters. The highest BCUT2D eigenvalue weighted by atomic mass is 16.4. The van der Waals surface area contributed by atoms with Gasteiger partial charge in [0.2, 0.25) is 5.91 Å². The van der Waals surface area contributed by atoms with Crippen LogP contribution < -0.4 is 16.0 Å². The highest BCUT2D eigenvalue weighted by molar-refractivity contribution is 5.95. The van der Waals surface area contributed by atoms with Crippen molar-refractivity contribution in [3.63, 3.8) is 0 Å². The van der Waals surface area contributed by atoms with Gasteiger partial charge in [-0.3, -0.25) is 9.78 Å². The molecule has 0 radical (unpaired) electrons. The smallest absolute Gasteiger partial charge is 0.326 e. The minimum absolute atomic E-state index is 0.0836. The van der Waals surface area contributed by atoms with Gasteiger partial charge in [0.25, 0.3) is 0 Å². The molecule has 0 fully saturated rings. The fourth-order valence-corrected chi connectivity index (χ4v) is 4.61. The van der Waals surface area contributed by atoms with E-state index in [0.717, 1.165) is 62.3 Å². The van der Waals surface area contributed by atoms with Crippen molar-refractivity contribution in [2.24, 2.45) is 4.99 Å². The molecule has 1 aromatic carbocycles. The van der Waals surface area contributed by atoms with Crippen LogP contribution in [0.15, 0.2) is 71.8 Å². The van der Waals surface area contributed by atoms with Crippen molar-refractivity contribution in [1.82, 2.24) is 25.5 Å². The number of aromatic nitrogens is 2. The summed E-state index contributed by atoms with van der Waals surface area (Å²) in [5, 5.41) is 19.2. The van der Waals surface area contributed by atoms with Crippen molar-refractivity contribution in [1.29, 1.82) is 0 Å². The summed E-state index contributed by atoms with van der Waals surface area (Å²) in [7, 11) is 0. The van der Waals surface area contributed by atoms with E-state index in [1.165, 1.54) is 18.7 Å². The average Bonchev–Trinajstić information content (AvgIpc) is 2.97. The minimum atomic E-state index is -0.952. The number of carboxylic acids is 1. The zero-order chi connectivity index (χ0) is 29.5. The number of hydrogen-bond acceptors (Lipinski definition) is 8. The standard InChI is InChI=1S/C31H43N7O3/c1-4-26(35-30-23(2)11-10-16-34-30)14-8-9-18-38(20-17-33-24(3)39)19-15-27(31(40)41)36-29-22-32-21-28(37-29)25-12-6-5-7-13-25/h4-7,12-13,21-22,27,34H,1,8-11,14-20H2,2-3H3,(H,33,39)(H,36,37)(H,40,41)/t27-/m0/s1. The van der Waals surface area contributed by atoms with Crippen molar-refractivity contribution in [2.75, 3.05) is 38.0 Å². The van der Waals surface area contributed by atoms with Crippen LogP contribution in [-0.4, -0.2) is 76.3 Å². The first-order chi connectivity index (χ1) is 19.9. The maximum atomic E-state index is 12.1. The molecule has 10 heteroatoms. The summed E-state index contributed by atoms with van der Waals surface area (Å²) in [5.41, 5.74) is 3.82. The second-order valence-corrected chi connectivity index (χ2v) is 10.2. The van der Waals surface area contributed by atoms with Crippen molar-refractivity contribution in [2.45, 2.75) is 58.4 Å². The van der Waals surface area contributed by atoms with Crippen molar-refractivity contribution in [3.05, 3.63) is 66.8 Å². The molecule has 0 saturated carbocycles. The minimum Gasteiger partial charge on any atom is -0.480 e. The number of carbonyl (C=O) groups is 2. The quantitative estimate of drug-likeness (QED) is 0.167. The number of aliphatic carboxylic acids is 1. The van der Waals surface area contributed by atoms with Crippen LogP contribution in [0.3, 0.4) is 0 Å². The van der Waals surface area contributed by atoms with Gasteiger partial charge < -0.3 is 26.0 Å². The van der Waals surface area contributed by atoms with E-state index in [1.54, 1.807) is 6.20 Å². The first-order valence-electron chi connectivity index (χ1n) is 14.3. The van der Waals surface area contributed by atoms with Gasteiger partial charge in [-0.15, -0.1) is 0 Å². The van der Waals surface area contributed by atoms with E-state index in [0.29, 0.717) is 37.6 Å². The van der Waals surface area contributed by atoms with Gasteiger partial charge in [0.1, 0.15) is 17.7 Å². The van der Waals surface area contributed by atoms with Gasteiger partial charge in [0.15, 0.2) is 0 Å². The summed E-state index contributed by atoms with van der Waals surface area (Å²) in [6.07, 6.45) is 10.2. The molecule has 2 heterocycles. The van der Waals surface area contributed by atoms with Crippen molar-refractivity contribution in [3.8, 4) is 11.3 Å². The second-order valence-electron chi connectivity index (χ2n) is 10.2. The van der Waals surface area contributed by atoms with E-state index in [2.05, 4.69) is 44.3 Å². The topological polar surface area (TPSA) is 132 Å². The fraction of sp³-hybridized carbons (Fsp3) is 0.452. The van der Waals surface area contributed by atoms with Crippen LogP contribution in [0, 0.1) is 0 Å². The van der Waals surface area contributed by atoms with Gasteiger partial charge in [-0.2, -0.15) is 0 Å². The molecule has 1 amide bonds. The Kier molecular flexibility index (Phi) is 13.0. The number of amides is 1. The van der Waals surface area contributed by atoms with Crippen LogP contribution >= 0.6 is 0 Å². The summed E-state index contributed by atoms with van der Waals surface area (Å²) in [5.74, 6) is 0.345. The predicted octanol–water partition coefficient (Wildman–Crippen LogP) is 4.25. The van der Waals surface area contributed by atoms with E-state index in [1.807, 2.05) is 36.4 Å². The van der Waals surface area contributed by atoms with Crippen LogP contribution in [0.1, 0.15) is 52.4 Å². The number of aliphatic imine (C=N–C) groups is 1. The molecule has 4 N–H and O–H groups in total. The lowest BCUT2D eigenvalue weighted by Crippen LogP contribution is -2.39. The molecule has 0 spiro atoms. The number of benzene rings is 1. The maximum Gasteiger partial charge on any atom is 0.326 e. The normalized spacial score (nSPS) is 14.4. The van der Waals surface area contributed by atoms with Gasteiger partial charge in [0, 0.05) is 44.4 Å². The maximum absolute atomic E-state index is 12.1. The first kappa shape index (κ1) is 31.5. The number of carboxylic acid groups (broad SMARTS) is 1. The van der Waals surface area contributed by atoms with Crippen LogP contribution in [0.25, 0.3) is 11.3 Å². The number of rotatable bonds is 17. The van der Waals surface area contributed by atoms with Gasteiger partial charge >= 0.3 is 5.97 Å². The monoisotopic (exact) mass is 561 g/mol. The molecule has 3 rings (SSSR count). The number of nitrogens with zero attached hydrogens (tertiary/aromatic N) is 4. The lowest BCUT2D eigenvalue weighted by atomic mass is 10.1. The first-order valence-corrected chi connectivity index (χ1v) is 14.3. The van der Waals surface area contributed by atoms with E-state index in [9.17, 15) is 14.7 Å². The van der Waals surface area contributed by atoms with Gasteiger partial charge in [0.05, 0.1) is 18.1 Å². The number of carbonyl (C=O) groups excluding carboxylic acids is 1. The third kappa shape index (κ3) is 11.2. The molecule has 41 heavy (non-hydrogen) atoms. The lowest BCUT2D eigenvalue weighted by Gasteiger charge is -2.24. The van der Waals surface area contributed by atoms with Crippen molar-refractivity contribution < 1.29 is 14.7 Å². The number of nitrogens with one attached hydrogen (secondary N) is 3. The molecule has 0 saturated heterocycles. The van der Waals surface area contributed by atoms with Crippen LogP contribution in [0.4, 0.5) is 5.82 Å². The molecule has 10 nitrogen and oxygen atoms in total. The van der Waals surface area contributed by atoms with E-state index < -0.39 is 12.0 Å². The summed E-state index contributed by atoms with van der Waals surface area (Å²) in [4.78, 5) is 39.3. The zero-order valence-corrected chi connectivity index (χ0v) is 24.2. The summed E-state index contributed by atoms with van der Waals surface area (Å²) >= 11 is 0. The number of anilines is 1. The molecule has 2 aromatic rings. The predicted molar refractivity (Wildman–Crippen MR) is 164 cm³/mol. The second kappa shape index (κ2) is 16.9. The zero-order valence-electron chi connectivity index (χ0n) is 24.2. The lowest BCUT2D eigenvalue weighted by molar-refractivity contribution is -0.138. The van der Waals surface area contributed by atoms with Gasteiger partial charge in [-0.1, -0.05) is 36.9 Å². The third-order valence-electron chi connectivity index (χ3n) is 6.93. The molecule has 0 aliphatic carbocycles. The molecule has 1 aromatic heterocycles. The Morgan fingerprint density at radius 1 is 1.20 bits per heavy atom. The van der Waals surface area contributed by atoms with E-state index in [-0.39, 0.29) is 5.91 Å². The molecule has 1 aliphatic rings. The fourth-order valence-electron chi connectivity index (χ4n) is 4.61. The highest BCUT2D eigenvalue weighted by Crippen LogP contribution is 2.18. The highest BCUT2D eigenvalue weighted by Gasteiger charge is 2.20. The Hall–Kier alpha value is -4.05. The van der Waals surface area contributed by atoms with E-state index in [4.69, 9.17) is 4.99 Å². The number of unbranched alkanes of at least 4 members (excludes halogenated alkanes) is 1. The van der Waals surface area contributed by atoms with Crippen LogP contribution in [-0.2, 0) is 9.59 Å². The molecule has 1 aliphatic heterocycles. The Morgan fingerprint density at radius 2 is 2.00 bits per heavy atom. The Morgan fingerprint density at radius 3 is 2.71 bits per heavy atom. The molecule has 220 valence electrons. The number of allylic oxidation sites excluding steroid dienone is 2. The Bertz CT molecular complexity index is 1210. The van der Waals surface area contributed by atoms with Crippen LogP contribution in [0.5, 0.6) is 0 Å². The molecule has 1 atom stereocenters. The van der Waals surface area contributed by atoms with Gasteiger partial charge in [-0.25, -0.2) is 14.8 Å². The molecular formula is C31H43N7O3. The third-order valence-corrected chi connectivity index (χ3v) is 6.93.